The summed E-state index contributed by atoms with van der Waals surface area (Å²) in [5, 5.41) is 14.8. The molecule has 0 aliphatic rings. The number of hydrogen-bond donors (Lipinski definition) is 1. The standard InChI is InChI=1S/C13H20ClN3O2/c1-5-15-9(4)12(8(2)3)13-11(17(18)19)6-10(14)7-16-13/h6-9,12,15H,5H2,1-4H3. The molecule has 1 aromatic rings. The van der Waals surface area contributed by atoms with E-state index in [1.165, 1.54) is 12.3 Å². The Kier molecular flexibility index (Phi) is 5.69. The first kappa shape index (κ1) is 15.9. The second kappa shape index (κ2) is 6.82. The van der Waals surface area contributed by atoms with Gasteiger partial charge in [-0.05, 0) is 19.4 Å². The van der Waals surface area contributed by atoms with Crippen LogP contribution in [0.15, 0.2) is 12.3 Å². The van der Waals surface area contributed by atoms with Crippen LogP contribution in [0.25, 0.3) is 0 Å². The van der Waals surface area contributed by atoms with Gasteiger partial charge in [-0.25, -0.2) is 0 Å². The largest absolute Gasteiger partial charge is 0.314 e. The van der Waals surface area contributed by atoms with Gasteiger partial charge in [-0.3, -0.25) is 15.1 Å². The minimum Gasteiger partial charge on any atom is -0.314 e. The van der Waals surface area contributed by atoms with Crippen molar-refractivity contribution in [3.8, 4) is 0 Å². The van der Waals surface area contributed by atoms with Gasteiger partial charge in [0.2, 0.25) is 0 Å². The summed E-state index contributed by atoms with van der Waals surface area (Å²) in [5.74, 6) is 0.207. The zero-order valence-corrected chi connectivity index (χ0v) is 12.4. The summed E-state index contributed by atoms with van der Waals surface area (Å²) in [7, 11) is 0. The maximum absolute atomic E-state index is 11.2. The molecule has 2 atom stereocenters. The number of nitrogens with zero attached hydrogens (tertiary/aromatic N) is 2. The summed E-state index contributed by atoms with van der Waals surface area (Å²) < 4.78 is 0. The van der Waals surface area contributed by atoms with Gasteiger partial charge in [0.15, 0.2) is 0 Å². The van der Waals surface area contributed by atoms with Crippen LogP contribution in [-0.2, 0) is 0 Å². The number of aromatic nitrogens is 1. The molecule has 0 spiro atoms. The Labute approximate surface area is 118 Å². The Balaban J connectivity index is 3.26. The van der Waals surface area contributed by atoms with Crippen LogP contribution in [-0.4, -0.2) is 22.5 Å². The predicted molar refractivity (Wildman–Crippen MR) is 76.6 cm³/mol. The van der Waals surface area contributed by atoms with Gasteiger partial charge >= 0.3 is 0 Å². The third kappa shape index (κ3) is 3.88. The molecule has 1 heterocycles. The van der Waals surface area contributed by atoms with Crippen molar-refractivity contribution in [2.24, 2.45) is 5.92 Å². The van der Waals surface area contributed by atoms with E-state index < -0.39 is 4.92 Å². The average Bonchev–Trinajstić information content (AvgIpc) is 2.31. The number of nitrogens with one attached hydrogen (secondary N) is 1. The molecule has 0 saturated carbocycles. The summed E-state index contributed by atoms with van der Waals surface area (Å²) in [6, 6.07) is 1.48. The highest BCUT2D eigenvalue weighted by Gasteiger charge is 2.30. The molecule has 5 nitrogen and oxygen atoms in total. The number of halogens is 1. The Morgan fingerprint density at radius 3 is 2.58 bits per heavy atom. The topological polar surface area (TPSA) is 68.1 Å². The predicted octanol–water partition coefficient (Wildman–Crippen LogP) is 3.38. The molecule has 19 heavy (non-hydrogen) atoms. The Morgan fingerprint density at radius 1 is 1.47 bits per heavy atom. The van der Waals surface area contributed by atoms with Gasteiger partial charge in [-0.1, -0.05) is 32.4 Å². The highest BCUT2D eigenvalue weighted by Crippen LogP contribution is 2.34. The smallest absolute Gasteiger partial charge is 0.292 e. The van der Waals surface area contributed by atoms with Crippen molar-refractivity contribution in [1.29, 1.82) is 0 Å². The maximum Gasteiger partial charge on any atom is 0.292 e. The lowest BCUT2D eigenvalue weighted by molar-refractivity contribution is -0.386. The first-order chi connectivity index (χ1) is 8.88. The van der Waals surface area contributed by atoms with Crippen LogP contribution in [0, 0.1) is 16.0 Å². The van der Waals surface area contributed by atoms with E-state index in [0.29, 0.717) is 5.69 Å². The van der Waals surface area contributed by atoms with Crippen LogP contribution in [0.1, 0.15) is 39.3 Å². The minimum absolute atomic E-state index is 0.00375. The zero-order chi connectivity index (χ0) is 14.6. The normalized spacial score (nSPS) is 14.4. The van der Waals surface area contributed by atoms with Crippen LogP contribution in [0.5, 0.6) is 0 Å². The number of pyridine rings is 1. The molecular formula is C13H20ClN3O2. The van der Waals surface area contributed by atoms with Crippen LogP contribution < -0.4 is 5.32 Å². The molecule has 6 heteroatoms. The van der Waals surface area contributed by atoms with Crippen molar-refractivity contribution in [1.82, 2.24) is 10.3 Å². The molecule has 0 saturated heterocycles. The van der Waals surface area contributed by atoms with Crippen molar-refractivity contribution in [3.05, 3.63) is 33.1 Å². The molecule has 0 fully saturated rings. The van der Waals surface area contributed by atoms with Gasteiger partial charge in [0.25, 0.3) is 5.69 Å². The summed E-state index contributed by atoms with van der Waals surface area (Å²) >= 11 is 5.80. The molecule has 2 unspecified atom stereocenters. The Bertz CT molecular complexity index is 452. The third-order valence-corrected chi connectivity index (χ3v) is 3.37. The number of likely N-dealkylation sites (N-methyl/N-ethyl adjacent to an activating group) is 1. The third-order valence-electron chi connectivity index (χ3n) is 3.16. The van der Waals surface area contributed by atoms with E-state index in [0.717, 1.165) is 6.54 Å². The summed E-state index contributed by atoms with van der Waals surface area (Å²) in [4.78, 5) is 15.0. The van der Waals surface area contributed by atoms with Gasteiger partial charge in [0, 0.05) is 24.2 Å². The first-order valence-electron chi connectivity index (χ1n) is 6.41. The van der Waals surface area contributed by atoms with Crippen molar-refractivity contribution in [2.45, 2.75) is 39.7 Å². The first-order valence-corrected chi connectivity index (χ1v) is 6.79. The van der Waals surface area contributed by atoms with Crippen LogP contribution in [0.4, 0.5) is 5.69 Å². The summed E-state index contributed by atoms with van der Waals surface area (Å²) in [5.41, 5.74) is 0.494. The molecule has 0 aromatic carbocycles. The fourth-order valence-electron chi connectivity index (χ4n) is 2.42. The van der Waals surface area contributed by atoms with Crippen LogP contribution in [0.3, 0.4) is 0 Å². The van der Waals surface area contributed by atoms with Gasteiger partial charge in [-0.2, -0.15) is 0 Å². The van der Waals surface area contributed by atoms with Crippen LogP contribution in [0.2, 0.25) is 5.02 Å². The SMILES string of the molecule is CCNC(C)C(c1ncc(Cl)cc1[N+](=O)[O-])C(C)C. The second-order valence-electron chi connectivity index (χ2n) is 4.93. The lowest BCUT2D eigenvalue weighted by Crippen LogP contribution is -2.35. The van der Waals surface area contributed by atoms with Gasteiger partial charge < -0.3 is 5.32 Å². The zero-order valence-electron chi connectivity index (χ0n) is 11.7. The summed E-state index contributed by atoms with van der Waals surface area (Å²) in [6.07, 6.45) is 1.47. The molecule has 1 aromatic heterocycles. The monoisotopic (exact) mass is 285 g/mol. The van der Waals surface area contributed by atoms with Crippen molar-refractivity contribution in [3.63, 3.8) is 0 Å². The number of nitro groups is 1. The lowest BCUT2D eigenvalue weighted by Gasteiger charge is -2.27. The number of rotatable bonds is 6. The Morgan fingerprint density at radius 2 is 2.11 bits per heavy atom. The van der Waals surface area contributed by atoms with E-state index >= 15 is 0 Å². The van der Waals surface area contributed by atoms with Crippen molar-refractivity contribution < 1.29 is 4.92 Å². The van der Waals surface area contributed by atoms with Crippen LogP contribution >= 0.6 is 11.6 Å². The van der Waals surface area contributed by atoms with E-state index in [1.54, 1.807) is 0 Å². The van der Waals surface area contributed by atoms with E-state index in [-0.39, 0.29) is 28.6 Å². The minimum atomic E-state index is -0.414. The molecule has 0 bridgehead atoms. The van der Waals surface area contributed by atoms with E-state index in [9.17, 15) is 10.1 Å². The fourth-order valence-corrected chi connectivity index (χ4v) is 2.57. The van der Waals surface area contributed by atoms with Gasteiger partial charge in [-0.15, -0.1) is 0 Å². The fraction of sp³-hybridized carbons (Fsp3) is 0.615. The molecule has 106 valence electrons. The Hall–Kier alpha value is -1.20. The van der Waals surface area contributed by atoms with Crippen molar-refractivity contribution >= 4 is 17.3 Å². The van der Waals surface area contributed by atoms with E-state index in [1.807, 2.05) is 27.7 Å². The van der Waals surface area contributed by atoms with Gasteiger partial charge in [0.05, 0.1) is 9.95 Å². The van der Waals surface area contributed by atoms with Crippen molar-refractivity contribution in [2.75, 3.05) is 6.54 Å². The highest BCUT2D eigenvalue weighted by atomic mass is 35.5. The van der Waals surface area contributed by atoms with E-state index in [4.69, 9.17) is 11.6 Å². The summed E-state index contributed by atoms with van der Waals surface area (Å²) in [6.45, 7) is 8.93. The lowest BCUT2D eigenvalue weighted by atomic mass is 9.85. The maximum atomic E-state index is 11.2. The highest BCUT2D eigenvalue weighted by molar-refractivity contribution is 6.30. The van der Waals surface area contributed by atoms with Gasteiger partial charge in [0.1, 0.15) is 5.69 Å². The second-order valence-corrected chi connectivity index (χ2v) is 5.37. The molecule has 1 N–H and O–H groups in total. The molecule has 1 rings (SSSR count). The van der Waals surface area contributed by atoms with E-state index in [2.05, 4.69) is 10.3 Å². The molecule has 0 amide bonds. The molecular weight excluding hydrogens is 266 g/mol. The quantitative estimate of drug-likeness (QED) is 0.642. The number of hydrogen-bond acceptors (Lipinski definition) is 4. The average molecular weight is 286 g/mol. The molecule has 0 aliphatic carbocycles. The molecule has 0 aliphatic heterocycles. The molecule has 0 radical (unpaired) electrons.